The van der Waals surface area contributed by atoms with E-state index in [0.29, 0.717) is 36.8 Å². The zero-order valence-corrected chi connectivity index (χ0v) is 19.4. The maximum absolute atomic E-state index is 10.8. The van der Waals surface area contributed by atoms with Crippen LogP contribution in [0.4, 0.5) is 0 Å². The number of ether oxygens (including phenoxy) is 4. The normalized spacial score (nSPS) is 14.5. The summed E-state index contributed by atoms with van der Waals surface area (Å²) in [5.41, 5.74) is 4.15. The van der Waals surface area contributed by atoms with Gasteiger partial charge < -0.3 is 24.1 Å². The number of rotatable bonds is 8. The van der Waals surface area contributed by atoms with Gasteiger partial charge in [0, 0.05) is 31.6 Å². The van der Waals surface area contributed by atoms with Crippen LogP contribution in [0.1, 0.15) is 28.4 Å². The van der Waals surface area contributed by atoms with Gasteiger partial charge in [-0.05, 0) is 41.0 Å². The van der Waals surface area contributed by atoms with Crippen molar-refractivity contribution in [1.29, 1.82) is 0 Å². The highest BCUT2D eigenvalue weighted by Crippen LogP contribution is 2.39. The molecule has 1 aliphatic heterocycles. The molecule has 0 radical (unpaired) electrons. The average Bonchev–Trinajstić information content (AvgIpc) is 3.04. The van der Waals surface area contributed by atoms with E-state index in [1.807, 2.05) is 54.6 Å². The van der Waals surface area contributed by atoms with Crippen molar-refractivity contribution >= 4 is 0 Å². The number of fused-ring (bicyclic) bond motifs is 1. The molecular formula is C27H31NO5. The van der Waals surface area contributed by atoms with Crippen LogP contribution in [-0.4, -0.2) is 44.5 Å². The van der Waals surface area contributed by atoms with Crippen LogP contribution >= 0.6 is 0 Å². The maximum atomic E-state index is 10.8. The lowest BCUT2D eigenvalue weighted by atomic mass is 9.99. The minimum Gasteiger partial charge on any atom is -0.493 e. The van der Waals surface area contributed by atoms with Gasteiger partial charge in [0.05, 0.1) is 27.4 Å². The summed E-state index contributed by atoms with van der Waals surface area (Å²) in [6.45, 7) is 2.81. The predicted molar refractivity (Wildman–Crippen MR) is 127 cm³/mol. The first-order valence-electron chi connectivity index (χ1n) is 11.1. The Labute approximate surface area is 195 Å². The van der Waals surface area contributed by atoms with E-state index in [2.05, 4.69) is 11.0 Å². The van der Waals surface area contributed by atoms with Crippen molar-refractivity contribution in [2.45, 2.75) is 25.6 Å². The van der Waals surface area contributed by atoms with Gasteiger partial charge in [0.2, 0.25) is 5.75 Å². The largest absolute Gasteiger partial charge is 0.493 e. The quantitative estimate of drug-likeness (QED) is 0.551. The third kappa shape index (κ3) is 5.41. The predicted octanol–water partition coefficient (Wildman–Crippen LogP) is 4.38. The number of aliphatic hydroxyl groups excluding tert-OH is 1. The van der Waals surface area contributed by atoms with Crippen LogP contribution in [0.2, 0.25) is 0 Å². The van der Waals surface area contributed by atoms with E-state index in [0.717, 1.165) is 41.1 Å². The number of nitrogens with zero attached hydrogens (tertiary/aromatic N) is 1. The Balaban J connectivity index is 1.52. The smallest absolute Gasteiger partial charge is 0.203 e. The summed E-state index contributed by atoms with van der Waals surface area (Å²) in [7, 11) is 4.85. The lowest BCUT2D eigenvalue weighted by molar-refractivity contribution is 0.178. The summed E-state index contributed by atoms with van der Waals surface area (Å²) in [5, 5.41) is 10.8. The molecule has 0 bridgehead atoms. The molecule has 33 heavy (non-hydrogen) atoms. The van der Waals surface area contributed by atoms with Crippen molar-refractivity contribution in [2.75, 3.05) is 34.5 Å². The third-order valence-corrected chi connectivity index (χ3v) is 5.93. The number of aliphatic hydroxyl groups is 1. The van der Waals surface area contributed by atoms with Gasteiger partial charge in [-0.2, -0.15) is 0 Å². The Bertz CT molecular complexity index is 1040. The van der Waals surface area contributed by atoms with Crippen molar-refractivity contribution in [3.05, 3.63) is 82.9 Å². The summed E-state index contributed by atoms with van der Waals surface area (Å²) >= 11 is 0. The Hall–Kier alpha value is -3.22. The Kier molecular flexibility index (Phi) is 7.37. The zero-order chi connectivity index (χ0) is 23.2. The third-order valence-electron chi connectivity index (χ3n) is 5.93. The SMILES string of the molecule is COc1cc(CN2CCOc3ccc([C@@H](O)Cc4ccccc4)cc3C2)cc(OC)c1OC. The molecule has 0 aliphatic carbocycles. The molecule has 0 saturated heterocycles. The fourth-order valence-corrected chi connectivity index (χ4v) is 4.25. The second-order valence-electron chi connectivity index (χ2n) is 8.17. The van der Waals surface area contributed by atoms with Gasteiger partial charge in [0.25, 0.3) is 0 Å². The van der Waals surface area contributed by atoms with E-state index < -0.39 is 6.10 Å². The van der Waals surface area contributed by atoms with E-state index in [1.54, 1.807) is 21.3 Å². The molecule has 6 nitrogen and oxygen atoms in total. The maximum Gasteiger partial charge on any atom is 0.203 e. The van der Waals surface area contributed by atoms with Crippen LogP contribution in [0.25, 0.3) is 0 Å². The number of methoxy groups -OCH3 is 3. The molecule has 0 amide bonds. The standard InChI is InChI=1S/C27H31NO5/c1-30-25-14-20(15-26(31-2)27(25)32-3)17-28-11-12-33-24-10-9-21(16-22(24)18-28)23(29)13-19-7-5-4-6-8-19/h4-10,14-16,23,29H,11-13,17-18H2,1-3H3/t23-/m0/s1. The minimum absolute atomic E-state index is 0.565. The highest BCUT2D eigenvalue weighted by atomic mass is 16.5. The van der Waals surface area contributed by atoms with Crippen LogP contribution < -0.4 is 18.9 Å². The fraction of sp³-hybridized carbons (Fsp3) is 0.333. The zero-order valence-electron chi connectivity index (χ0n) is 19.4. The van der Waals surface area contributed by atoms with Gasteiger partial charge >= 0.3 is 0 Å². The first-order valence-corrected chi connectivity index (χ1v) is 11.1. The summed E-state index contributed by atoms with van der Waals surface area (Å²) in [6.07, 6.45) is 0.0137. The average molecular weight is 450 g/mol. The first kappa shape index (κ1) is 23.0. The summed E-state index contributed by atoms with van der Waals surface area (Å²) in [6, 6.07) is 20.0. The van der Waals surface area contributed by atoms with E-state index in [1.165, 1.54) is 0 Å². The molecule has 1 atom stereocenters. The molecule has 0 saturated carbocycles. The van der Waals surface area contributed by atoms with Gasteiger partial charge in [0.1, 0.15) is 12.4 Å². The molecule has 0 spiro atoms. The highest BCUT2D eigenvalue weighted by Gasteiger charge is 2.20. The Morgan fingerprint density at radius 2 is 1.64 bits per heavy atom. The van der Waals surface area contributed by atoms with Gasteiger partial charge in [-0.1, -0.05) is 36.4 Å². The molecule has 3 aromatic carbocycles. The van der Waals surface area contributed by atoms with Crippen LogP contribution in [0, 0.1) is 0 Å². The van der Waals surface area contributed by atoms with Gasteiger partial charge in [0.15, 0.2) is 11.5 Å². The van der Waals surface area contributed by atoms with E-state index in [9.17, 15) is 5.11 Å². The van der Waals surface area contributed by atoms with Crippen LogP contribution in [0.3, 0.4) is 0 Å². The van der Waals surface area contributed by atoms with Crippen molar-refractivity contribution in [1.82, 2.24) is 4.90 Å². The van der Waals surface area contributed by atoms with Crippen LogP contribution in [0.15, 0.2) is 60.7 Å². The monoisotopic (exact) mass is 449 g/mol. The first-order chi connectivity index (χ1) is 16.1. The van der Waals surface area contributed by atoms with Crippen molar-refractivity contribution in [3.63, 3.8) is 0 Å². The molecule has 1 N–H and O–H groups in total. The molecule has 3 aromatic rings. The lowest BCUT2D eigenvalue weighted by Gasteiger charge is -2.21. The molecular weight excluding hydrogens is 418 g/mol. The molecule has 6 heteroatoms. The molecule has 1 aliphatic rings. The van der Waals surface area contributed by atoms with Crippen molar-refractivity contribution < 1.29 is 24.1 Å². The second-order valence-corrected chi connectivity index (χ2v) is 8.17. The number of hydrogen-bond acceptors (Lipinski definition) is 6. The molecule has 0 unspecified atom stereocenters. The van der Waals surface area contributed by atoms with Gasteiger partial charge in [-0.3, -0.25) is 4.90 Å². The number of benzene rings is 3. The summed E-state index contributed by atoms with van der Waals surface area (Å²) < 4.78 is 22.5. The summed E-state index contributed by atoms with van der Waals surface area (Å²) in [4.78, 5) is 2.32. The fourth-order valence-electron chi connectivity index (χ4n) is 4.25. The van der Waals surface area contributed by atoms with Crippen molar-refractivity contribution in [3.8, 4) is 23.0 Å². The highest BCUT2D eigenvalue weighted by molar-refractivity contribution is 5.53. The molecule has 174 valence electrons. The summed E-state index contributed by atoms with van der Waals surface area (Å²) in [5.74, 6) is 2.75. The topological polar surface area (TPSA) is 60.4 Å². The Morgan fingerprint density at radius 3 is 2.30 bits per heavy atom. The van der Waals surface area contributed by atoms with Crippen molar-refractivity contribution in [2.24, 2.45) is 0 Å². The molecule has 0 aromatic heterocycles. The minimum atomic E-state index is -0.565. The van der Waals surface area contributed by atoms with Crippen LogP contribution in [0.5, 0.6) is 23.0 Å². The van der Waals surface area contributed by atoms with Crippen LogP contribution in [-0.2, 0) is 19.5 Å². The van der Waals surface area contributed by atoms with E-state index >= 15 is 0 Å². The molecule has 4 rings (SSSR count). The lowest BCUT2D eigenvalue weighted by Crippen LogP contribution is -2.25. The van der Waals surface area contributed by atoms with Gasteiger partial charge in [-0.25, -0.2) is 0 Å². The van der Waals surface area contributed by atoms with E-state index in [4.69, 9.17) is 18.9 Å². The molecule has 0 fully saturated rings. The van der Waals surface area contributed by atoms with Gasteiger partial charge in [-0.15, -0.1) is 0 Å². The van der Waals surface area contributed by atoms with E-state index in [-0.39, 0.29) is 0 Å². The molecule has 1 heterocycles. The Morgan fingerprint density at radius 1 is 0.909 bits per heavy atom. The second kappa shape index (κ2) is 10.6. The number of hydrogen-bond donors (Lipinski definition) is 1.